The normalized spacial score (nSPS) is 12.6. The summed E-state index contributed by atoms with van der Waals surface area (Å²) < 4.78 is 1.85. The first kappa shape index (κ1) is 9.69. The third-order valence-electron chi connectivity index (χ3n) is 2.41. The zero-order valence-corrected chi connectivity index (χ0v) is 8.38. The highest BCUT2D eigenvalue weighted by Gasteiger charge is 2.14. The molecule has 0 radical (unpaired) electrons. The van der Waals surface area contributed by atoms with Crippen LogP contribution in [0.15, 0.2) is 24.5 Å². The van der Waals surface area contributed by atoms with Crippen molar-refractivity contribution in [2.24, 2.45) is 7.05 Å². The van der Waals surface area contributed by atoms with Crippen LogP contribution in [0.25, 0.3) is 11.0 Å². The minimum Gasteiger partial charge on any atom is -0.387 e. The number of aromatic nitrogens is 2. The number of aliphatic hydroxyl groups excluding tert-OH is 1. The molecule has 0 aliphatic carbocycles. The second kappa shape index (κ2) is 3.71. The number of nitriles is 1. The van der Waals surface area contributed by atoms with Crippen molar-refractivity contribution in [3.8, 4) is 6.07 Å². The van der Waals surface area contributed by atoms with Gasteiger partial charge in [0.2, 0.25) is 0 Å². The number of pyridine rings is 1. The lowest BCUT2D eigenvalue weighted by Crippen LogP contribution is -1.94. The van der Waals surface area contributed by atoms with E-state index in [0.717, 1.165) is 16.6 Å². The molecule has 0 aliphatic rings. The maximum atomic E-state index is 9.77. The Bertz CT molecular complexity index is 524. The summed E-state index contributed by atoms with van der Waals surface area (Å²) in [4.78, 5) is 4.21. The van der Waals surface area contributed by atoms with Crippen LogP contribution in [-0.4, -0.2) is 14.7 Å². The molecule has 0 fully saturated rings. The van der Waals surface area contributed by atoms with Crippen LogP contribution in [0, 0.1) is 11.3 Å². The Morgan fingerprint density at radius 1 is 1.67 bits per heavy atom. The minimum absolute atomic E-state index is 0.105. The van der Waals surface area contributed by atoms with E-state index >= 15 is 0 Å². The summed E-state index contributed by atoms with van der Waals surface area (Å²) in [7, 11) is 1.87. The van der Waals surface area contributed by atoms with E-state index in [1.807, 2.05) is 36.0 Å². The van der Waals surface area contributed by atoms with E-state index < -0.39 is 6.10 Å². The van der Waals surface area contributed by atoms with Crippen LogP contribution in [0.1, 0.15) is 18.1 Å². The van der Waals surface area contributed by atoms with Gasteiger partial charge in [-0.15, -0.1) is 0 Å². The van der Waals surface area contributed by atoms with E-state index in [4.69, 9.17) is 5.26 Å². The topological polar surface area (TPSA) is 61.8 Å². The Morgan fingerprint density at radius 2 is 2.47 bits per heavy atom. The SMILES string of the molecule is Cn1cc(C(O)CC#N)c2cccnc21. The van der Waals surface area contributed by atoms with Gasteiger partial charge in [-0.25, -0.2) is 4.98 Å². The van der Waals surface area contributed by atoms with Crippen molar-refractivity contribution in [3.05, 3.63) is 30.1 Å². The molecule has 4 heteroatoms. The zero-order valence-electron chi connectivity index (χ0n) is 8.38. The molecule has 1 atom stereocenters. The molecule has 4 nitrogen and oxygen atoms in total. The Hall–Kier alpha value is -1.86. The van der Waals surface area contributed by atoms with Gasteiger partial charge in [0.05, 0.1) is 18.6 Å². The molecule has 2 rings (SSSR count). The number of fused-ring (bicyclic) bond motifs is 1. The quantitative estimate of drug-likeness (QED) is 0.801. The highest BCUT2D eigenvalue weighted by molar-refractivity contribution is 5.80. The first-order valence-electron chi connectivity index (χ1n) is 4.69. The molecular weight excluding hydrogens is 190 g/mol. The molecule has 0 aromatic carbocycles. The van der Waals surface area contributed by atoms with Gasteiger partial charge in [-0.3, -0.25) is 0 Å². The van der Waals surface area contributed by atoms with Gasteiger partial charge in [-0.05, 0) is 12.1 Å². The van der Waals surface area contributed by atoms with E-state index in [9.17, 15) is 5.11 Å². The van der Waals surface area contributed by atoms with Crippen molar-refractivity contribution < 1.29 is 5.11 Å². The molecule has 0 bridgehead atoms. The lowest BCUT2D eigenvalue weighted by Gasteiger charge is -2.03. The zero-order chi connectivity index (χ0) is 10.8. The summed E-state index contributed by atoms with van der Waals surface area (Å²) in [6, 6.07) is 5.69. The fourth-order valence-electron chi connectivity index (χ4n) is 1.70. The summed E-state index contributed by atoms with van der Waals surface area (Å²) >= 11 is 0. The smallest absolute Gasteiger partial charge is 0.139 e. The van der Waals surface area contributed by atoms with Crippen LogP contribution in [0.4, 0.5) is 0 Å². The number of rotatable bonds is 2. The number of aryl methyl sites for hydroxylation is 1. The first-order valence-corrected chi connectivity index (χ1v) is 4.69. The number of hydrogen-bond donors (Lipinski definition) is 1. The molecule has 0 saturated carbocycles. The van der Waals surface area contributed by atoms with E-state index in [1.165, 1.54) is 0 Å². The minimum atomic E-state index is -0.733. The molecule has 15 heavy (non-hydrogen) atoms. The second-order valence-corrected chi connectivity index (χ2v) is 3.45. The third kappa shape index (κ3) is 1.58. The number of nitrogens with zero attached hydrogens (tertiary/aromatic N) is 3. The largest absolute Gasteiger partial charge is 0.387 e. The maximum Gasteiger partial charge on any atom is 0.139 e. The molecule has 76 valence electrons. The maximum absolute atomic E-state index is 9.77. The highest BCUT2D eigenvalue weighted by atomic mass is 16.3. The van der Waals surface area contributed by atoms with E-state index in [-0.39, 0.29) is 6.42 Å². The summed E-state index contributed by atoms with van der Waals surface area (Å²) in [6.45, 7) is 0. The van der Waals surface area contributed by atoms with Crippen molar-refractivity contribution in [2.75, 3.05) is 0 Å². The van der Waals surface area contributed by atoms with Crippen molar-refractivity contribution in [1.82, 2.24) is 9.55 Å². The molecule has 0 saturated heterocycles. The first-order chi connectivity index (χ1) is 7.24. The summed E-state index contributed by atoms with van der Waals surface area (Å²) in [5, 5.41) is 19.2. The Labute approximate surface area is 87.4 Å². The molecule has 2 aromatic rings. The number of aliphatic hydroxyl groups is 1. The van der Waals surface area contributed by atoms with Gasteiger partial charge in [-0.1, -0.05) is 0 Å². The monoisotopic (exact) mass is 201 g/mol. The van der Waals surface area contributed by atoms with Crippen LogP contribution < -0.4 is 0 Å². The van der Waals surface area contributed by atoms with Crippen molar-refractivity contribution in [3.63, 3.8) is 0 Å². The molecular formula is C11H11N3O. The Balaban J connectivity index is 2.58. The molecule has 0 amide bonds. The van der Waals surface area contributed by atoms with Gasteiger partial charge >= 0.3 is 0 Å². The van der Waals surface area contributed by atoms with Crippen LogP contribution >= 0.6 is 0 Å². The van der Waals surface area contributed by atoms with Crippen LogP contribution in [0.5, 0.6) is 0 Å². The number of hydrogen-bond acceptors (Lipinski definition) is 3. The molecule has 0 spiro atoms. The van der Waals surface area contributed by atoms with Crippen molar-refractivity contribution in [2.45, 2.75) is 12.5 Å². The van der Waals surface area contributed by atoms with Gasteiger partial charge in [0.25, 0.3) is 0 Å². The highest BCUT2D eigenvalue weighted by Crippen LogP contribution is 2.25. The molecule has 2 aromatic heterocycles. The fourth-order valence-corrected chi connectivity index (χ4v) is 1.70. The lowest BCUT2D eigenvalue weighted by molar-refractivity contribution is 0.185. The average molecular weight is 201 g/mol. The molecule has 1 N–H and O–H groups in total. The van der Waals surface area contributed by atoms with Gasteiger partial charge in [0, 0.05) is 30.4 Å². The summed E-state index contributed by atoms with van der Waals surface area (Å²) in [5.41, 5.74) is 1.59. The van der Waals surface area contributed by atoms with E-state index in [2.05, 4.69) is 4.98 Å². The van der Waals surface area contributed by atoms with Gasteiger partial charge in [0.15, 0.2) is 0 Å². The standard InChI is InChI=1S/C11H11N3O/c1-14-7-9(10(15)4-5-12)8-3-2-6-13-11(8)14/h2-3,6-7,10,15H,4H2,1H3. The van der Waals surface area contributed by atoms with Crippen LogP contribution in [-0.2, 0) is 7.05 Å². The lowest BCUT2D eigenvalue weighted by atomic mass is 10.1. The average Bonchev–Trinajstić information content (AvgIpc) is 2.58. The van der Waals surface area contributed by atoms with E-state index in [1.54, 1.807) is 6.20 Å². The molecule has 0 aliphatic heterocycles. The van der Waals surface area contributed by atoms with Crippen molar-refractivity contribution >= 4 is 11.0 Å². The summed E-state index contributed by atoms with van der Waals surface area (Å²) in [5.74, 6) is 0. The summed E-state index contributed by atoms with van der Waals surface area (Å²) in [6.07, 6.45) is 2.90. The second-order valence-electron chi connectivity index (χ2n) is 3.45. The van der Waals surface area contributed by atoms with Crippen LogP contribution in [0.3, 0.4) is 0 Å². The predicted octanol–water partition coefficient (Wildman–Crippen LogP) is 1.52. The van der Waals surface area contributed by atoms with Crippen molar-refractivity contribution in [1.29, 1.82) is 5.26 Å². The van der Waals surface area contributed by atoms with Gasteiger partial charge in [-0.2, -0.15) is 5.26 Å². The van der Waals surface area contributed by atoms with E-state index in [0.29, 0.717) is 0 Å². The van der Waals surface area contributed by atoms with Gasteiger partial charge < -0.3 is 9.67 Å². The molecule has 2 heterocycles. The predicted molar refractivity (Wildman–Crippen MR) is 55.9 cm³/mol. The molecule has 1 unspecified atom stereocenters. The Morgan fingerprint density at radius 3 is 3.20 bits per heavy atom. The Kier molecular flexibility index (Phi) is 2.40. The van der Waals surface area contributed by atoms with Crippen LogP contribution in [0.2, 0.25) is 0 Å². The fraction of sp³-hybridized carbons (Fsp3) is 0.273. The van der Waals surface area contributed by atoms with Gasteiger partial charge in [0.1, 0.15) is 5.65 Å². The third-order valence-corrected chi connectivity index (χ3v) is 2.41.